The molecule has 8 heteroatoms. The lowest BCUT2D eigenvalue weighted by Crippen LogP contribution is -2.66. The Morgan fingerprint density at radius 2 is 1.53 bits per heavy atom. The highest BCUT2D eigenvalue weighted by atomic mass is 31.1. The summed E-state index contributed by atoms with van der Waals surface area (Å²) < 4.78 is 9.33. The molecule has 1 amide bonds. The summed E-state index contributed by atoms with van der Waals surface area (Å²) in [6, 6.07) is 21.3. The molecule has 1 aliphatic carbocycles. The molecule has 38 heavy (non-hydrogen) atoms. The molecule has 5 rings (SSSR count). The van der Waals surface area contributed by atoms with Crippen LogP contribution in [0.25, 0.3) is 0 Å². The first-order valence-corrected chi connectivity index (χ1v) is 16.8. The summed E-state index contributed by atoms with van der Waals surface area (Å²) in [7, 11) is -4.16. The quantitative estimate of drug-likeness (QED) is 0.233. The molecule has 0 aromatic heterocycles. The molecular weight excluding hydrogens is 507 g/mol. The van der Waals surface area contributed by atoms with Crippen LogP contribution in [0.15, 0.2) is 87.2 Å². The number of azo groups is 1. The number of rotatable bonds is 4. The van der Waals surface area contributed by atoms with Crippen LogP contribution in [0.5, 0.6) is 0 Å². The summed E-state index contributed by atoms with van der Waals surface area (Å²) in [5.74, 6) is 0.785. The molecule has 2 atom stereocenters. The van der Waals surface area contributed by atoms with Crippen molar-refractivity contribution in [3.05, 3.63) is 71.9 Å². The first-order chi connectivity index (χ1) is 17.9. The van der Waals surface area contributed by atoms with Crippen LogP contribution in [-0.2, 0) is 9.22 Å². The fourth-order valence-electron chi connectivity index (χ4n) is 5.96. The average Bonchev–Trinajstić information content (AvgIpc) is 3.39. The molecule has 2 aromatic carbocycles. The van der Waals surface area contributed by atoms with E-state index < -0.39 is 21.7 Å². The number of allylic oxidation sites excluding steroid dienone is 1. The summed E-state index contributed by atoms with van der Waals surface area (Å²) in [5.41, 5.74) is 1.47. The van der Waals surface area contributed by atoms with E-state index in [2.05, 4.69) is 102 Å². The van der Waals surface area contributed by atoms with E-state index in [-0.39, 0.29) is 16.4 Å². The molecule has 200 valence electrons. The van der Waals surface area contributed by atoms with Gasteiger partial charge in [-0.3, -0.25) is 4.79 Å². The summed E-state index contributed by atoms with van der Waals surface area (Å²) in [4.78, 5) is 12.9. The van der Waals surface area contributed by atoms with Gasteiger partial charge in [-0.1, -0.05) is 102 Å². The van der Waals surface area contributed by atoms with Crippen LogP contribution in [0.1, 0.15) is 74.1 Å². The Labute approximate surface area is 229 Å². The lowest BCUT2D eigenvalue weighted by Gasteiger charge is -2.46. The van der Waals surface area contributed by atoms with E-state index in [0.29, 0.717) is 0 Å². The lowest BCUT2D eigenvalue weighted by molar-refractivity contribution is -0.124. The predicted molar refractivity (Wildman–Crippen MR) is 158 cm³/mol. The molecule has 1 fully saturated rings. The van der Waals surface area contributed by atoms with Gasteiger partial charge in [0.05, 0.1) is 5.71 Å². The topological polar surface area (TPSA) is 66.6 Å². The van der Waals surface area contributed by atoms with Crippen molar-refractivity contribution in [3.63, 3.8) is 0 Å². The van der Waals surface area contributed by atoms with E-state index in [1.165, 1.54) is 10.4 Å². The smallest absolute Gasteiger partial charge is 0.319 e. The van der Waals surface area contributed by atoms with Crippen LogP contribution in [0.2, 0.25) is 5.04 Å². The van der Waals surface area contributed by atoms with Gasteiger partial charge in [-0.25, -0.2) is 4.78 Å². The zero-order valence-electron chi connectivity index (χ0n) is 23.7. The molecule has 1 spiro atoms. The Hall–Kier alpha value is -2.63. The van der Waals surface area contributed by atoms with E-state index in [1.54, 1.807) is 11.7 Å². The third kappa shape index (κ3) is 4.19. The Morgan fingerprint density at radius 3 is 2.03 bits per heavy atom. The van der Waals surface area contributed by atoms with Gasteiger partial charge < -0.3 is 4.43 Å². The lowest BCUT2D eigenvalue weighted by atomic mass is 9.93. The maximum atomic E-state index is 12.9. The summed E-state index contributed by atoms with van der Waals surface area (Å²) in [5, 5.41) is 16.4. The number of benzene rings is 2. The van der Waals surface area contributed by atoms with Crippen LogP contribution >= 0.6 is 8.07 Å². The Morgan fingerprint density at radius 1 is 0.947 bits per heavy atom. The average molecular weight is 547 g/mol. The van der Waals surface area contributed by atoms with E-state index >= 15 is 0 Å². The second-order valence-electron chi connectivity index (χ2n) is 12.6. The highest BCUT2D eigenvalue weighted by Gasteiger charge is 2.61. The molecule has 2 aromatic rings. The van der Waals surface area contributed by atoms with E-state index in [4.69, 9.17) is 19.8 Å². The van der Waals surface area contributed by atoms with Gasteiger partial charge in [0, 0.05) is 12.3 Å². The molecule has 0 N–H and O–H groups in total. The third-order valence-electron chi connectivity index (χ3n) is 7.76. The first kappa shape index (κ1) is 27.0. The fraction of sp³-hybridized carbons (Fsp3) is 0.467. The van der Waals surface area contributed by atoms with Gasteiger partial charge in [-0.05, 0) is 41.1 Å². The number of carbonyl (C=O) groups excluding carboxylic acids is 1. The fourth-order valence-corrected chi connectivity index (χ4v) is 13.6. The molecule has 0 saturated heterocycles. The minimum absolute atomic E-state index is 0.0547. The molecule has 0 bridgehead atoms. The van der Waals surface area contributed by atoms with Gasteiger partial charge in [0.2, 0.25) is 5.91 Å². The van der Waals surface area contributed by atoms with Gasteiger partial charge >= 0.3 is 8.32 Å². The Kier molecular flexibility index (Phi) is 6.76. The van der Waals surface area contributed by atoms with Crippen molar-refractivity contribution in [3.8, 4) is 0 Å². The van der Waals surface area contributed by atoms with Crippen LogP contribution in [0.3, 0.4) is 0 Å². The number of hydrogen-bond donors (Lipinski definition) is 0. The minimum atomic E-state index is -2.92. The second kappa shape index (κ2) is 9.53. The summed E-state index contributed by atoms with van der Waals surface area (Å²) in [6.07, 6.45) is 3.89. The van der Waals surface area contributed by atoms with Crippen molar-refractivity contribution in [2.45, 2.75) is 84.5 Å². The van der Waals surface area contributed by atoms with Crippen LogP contribution in [-0.4, -0.2) is 30.0 Å². The van der Waals surface area contributed by atoms with Crippen molar-refractivity contribution < 1.29 is 9.22 Å². The summed E-state index contributed by atoms with van der Waals surface area (Å²) in [6.45, 7) is 15.0. The summed E-state index contributed by atoms with van der Waals surface area (Å²) >= 11 is 0. The first-order valence-electron chi connectivity index (χ1n) is 13.6. The highest BCUT2D eigenvalue weighted by molar-refractivity contribution is 7.63. The molecular formula is C30H39N4O2PSi. The van der Waals surface area contributed by atoms with Gasteiger partial charge in [-0.2, -0.15) is 10.2 Å². The number of amides is 1. The van der Waals surface area contributed by atoms with Gasteiger partial charge in [0.15, 0.2) is 5.28 Å². The van der Waals surface area contributed by atoms with Crippen LogP contribution in [0.4, 0.5) is 0 Å². The zero-order valence-corrected chi connectivity index (χ0v) is 25.5. The van der Waals surface area contributed by atoms with E-state index in [1.807, 2.05) is 0 Å². The SMILES string of the molecule is CC(=O)N1N=C2CCCC[C@]23N=N/C(=C(\O[Si](c2ccccc2)(c2ccccc2)C(C)(C)C)C(C)(C)C)[P@]13. The van der Waals surface area contributed by atoms with Crippen molar-refractivity contribution in [2.24, 2.45) is 20.7 Å². The maximum Gasteiger partial charge on any atom is 0.319 e. The van der Waals surface area contributed by atoms with Crippen molar-refractivity contribution in [2.75, 3.05) is 0 Å². The van der Waals surface area contributed by atoms with Gasteiger partial charge in [-0.15, -0.1) is 5.11 Å². The maximum absolute atomic E-state index is 12.9. The second-order valence-corrected chi connectivity index (χ2v) is 18.9. The monoisotopic (exact) mass is 546 g/mol. The Bertz CT molecular complexity index is 1270. The van der Waals surface area contributed by atoms with Gasteiger partial charge in [0.1, 0.15) is 19.3 Å². The van der Waals surface area contributed by atoms with Crippen molar-refractivity contribution in [1.82, 2.24) is 4.78 Å². The van der Waals surface area contributed by atoms with Gasteiger partial charge in [0.25, 0.3) is 0 Å². The molecule has 6 nitrogen and oxygen atoms in total. The standard InChI is InChI=1S/C30H39N4O2PSi/c1-22(35)34-32-25-20-14-15-21-30(25)33-31-27(37(30)34)26(28(2,3)4)36-38(29(5,6)7,23-16-10-8-11-17-23)24-18-12-9-13-19-24/h8-13,16-19H,14-15,20-21H2,1-7H3/b27-26+/t30-,37+/m1/s1. The molecule has 1 saturated carbocycles. The van der Waals surface area contributed by atoms with Crippen molar-refractivity contribution in [1.29, 1.82) is 0 Å². The van der Waals surface area contributed by atoms with Crippen molar-refractivity contribution >= 4 is 38.4 Å². The third-order valence-corrected chi connectivity index (χ3v) is 15.4. The molecule has 3 aliphatic rings. The Balaban J connectivity index is 1.77. The number of nitrogens with zero attached hydrogens (tertiary/aromatic N) is 4. The number of hydrogen-bond acceptors (Lipinski definition) is 5. The normalized spacial score (nSPS) is 24.6. The number of carbonyl (C=O) groups is 1. The molecule has 2 heterocycles. The minimum Gasteiger partial charge on any atom is -0.535 e. The molecule has 2 aliphatic heterocycles. The van der Waals surface area contributed by atoms with Crippen LogP contribution in [0, 0.1) is 5.41 Å². The van der Waals surface area contributed by atoms with Crippen LogP contribution < -0.4 is 10.4 Å². The molecule has 0 unspecified atom stereocenters. The van der Waals surface area contributed by atoms with E-state index in [9.17, 15) is 4.79 Å². The number of hydrazone groups is 1. The molecule has 0 radical (unpaired) electrons. The zero-order chi connectivity index (χ0) is 27.3. The highest BCUT2D eigenvalue weighted by Crippen LogP contribution is 2.72. The largest absolute Gasteiger partial charge is 0.535 e. The predicted octanol–water partition coefficient (Wildman–Crippen LogP) is 7.13. The van der Waals surface area contributed by atoms with E-state index in [0.717, 1.165) is 42.6 Å².